The van der Waals surface area contributed by atoms with E-state index in [1.807, 2.05) is 0 Å². The molecular weight excluding hydrogens is 200 g/mol. The number of carbonyl (C=O) groups is 2. The molecule has 1 aromatic rings. The van der Waals surface area contributed by atoms with Crippen molar-refractivity contribution in [2.75, 3.05) is 7.11 Å². The van der Waals surface area contributed by atoms with Crippen molar-refractivity contribution in [3.05, 3.63) is 21.9 Å². The highest BCUT2D eigenvalue weighted by molar-refractivity contribution is 7.11. The first-order valence-electron chi connectivity index (χ1n) is 3.85. The largest absolute Gasteiger partial charge is 0.468 e. The number of esters is 1. The molecule has 0 aliphatic carbocycles. The van der Waals surface area contributed by atoms with Crippen LogP contribution in [0, 0.1) is 11.8 Å². The van der Waals surface area contributed by atoms with E-state index in [2.05, 4.69) is 16.6 Å². The summed E-state index contributed by atoms with van der Waals surface area (Å²) in [7, 11) is 1.32. The summed E-state index contributed by atoms with van der Waals surface area (Å²) in [6, 6.07) is 1.68. The van der Waals surface area contributed by atoms with Crippen molar-refractivity contribution in [2.45, 2.75) is 6.42 Å². The molecule has 0 saturated heterocycles. The van der Waals surface area contributed by atoms with Gasteiger partial charge in [-0.05, 0) is 6.07 Å². The summed E-state index contributed by atoms with van der Waals surface area (Å²) in [4.78, 5) is 21.7. The lowest BCUT2D eigenvalue weighted by molar-refractivity contribution is -0.139. The van der Waals surface area contributed by atoms with Crippen LogP contribution in [0.25, 0.3) is 0 Å². The van der Waals surface area contributed by atoms with Crippen LogP contribution in [0.2, 0.25) is 0 Å². The van der Waals surface area contributed by atoms with Gasteiger partial charge in [-0.2, -0.15) is 0 Å². The van der Waals surface area contributed by atoms with E-state index < -0.39 is 0 Å². The Bertz CT molecular complexity index is 395. The third-order valence-electron chi connectivity index (χ3n) is 1.43. The normalized spacial score (nSPS) is 8.64. The topological polar surface area (TPSA) is 43.4 Å². The Morgan fingerprint density at radius 2 is 2.50 bits per heavy atom. The lowest BCUT2D eigenvalue weighted by atomic mass is 10.3. The molecule has 1 aromatic heterocycles. The van der Waals surface area contributed by atoms with Crippen molar-refractivity contribution in [1.82, 2.24) is 0 Å². The van der Waals surface area contributed by atoms with Crippen molar-refractivity contribution in [1.29, 1.82) is 0 Å². The molecule has 0 saturated carbocycles. The zero-order chi connectivity index (χ0) is 10.4. The van der Waals surface area contributed by atoms with Crippen LogP contribution in [0.3, 0.4) is 0 Å². The lowest BCUT2D eigenvalue weighted by Crippen LogP contribution is -1.96. The Balaban J connectivity index is 2.59. The molecule has 1 rings (SSSR count). The predicted octanol–water partition coefficient (Wildman–Crippen LogP) is 1.48. The molecule has 0 radical (unpaired) electrons. The van der Waals surface area contributed by atoms with Gasteiger partial charge in [-0.3, -0.25) is 9.59 Å². The van der Waals surface area contributed by atoms with Crippen molar-refractivity contribution in [2.24, 2.45) is 0 Å². The van der Waals surface area contributed by atoms with Crippen LogP contribution in [0.15, 0.2) is 11.4 Å². The summed E-state index contributed by atoms with van der Waals surface area (Å²) in [6.07, 6.45) is 0.846. The monoisotopic (exact) mass is 208 g/mol. The number of carbonyl (C=O) groups excluding carboxylic acids is 2. The minimum atomic E-state index is -0.358. The summed E-state index contributed by atoms with van der Waals surface area (Å²) >= 11 is 1.33. The second-order valence-electron chi connectivity index (χ2n) is 2.41. The van der Waals surface area contributed by atoms with E-state index in [0.29, 0.717) is 4.88 Å². The van der Waals surface area contributed by atoms with Crippen LogP contribution in [-0.2, 0) is 9.53 Å². The molecule has 4 heteroatoms. The van der Waals surface area contributed by atoms with Gasteiger partial charge in [-0.1, -0.05) is 11.8 Å². The number of hydrogen-bond donors (Lipinski definition) is 0. The van der Waals surface area contributed by atoms with E-state index in [0.717, 1.165) is 11.8 Å². The third-order valence-corrected chi connectivity index (χ3v) is 2.29. The van der Waals surface area contributed by atoms with Crippen LogP contribution in [0.4, 0.5) is 0 Å². The summed E-state index contributed by atoms with van der Waals surface area (Å²) in [6.45, 7) is 0. The van der Waals surface area contributed by atoms with Crippen molar-refractivity contribution >= 4 is 23.6 Å². The number of ether oxygens (including phenoxy) is 1. The Labute approximate surface area is 85.7 Å². The minimum Gasteiger partial charge on any atom is -0.468 e. The van der Waals surface area contributed by atoms with E-state index >= 15 is 0 Å². The summed E-state index contributed by atoms with van der Waals surface area (Å²) in [5.74, 6) is 5.06. The molecular formula is C10H8O3S. The van der Waals surface area contributed by atoms with Gasteiger partial charge in [0.05, 0.1) is 12.0 Å². The fraction of sp³-hybridized carbons (Fsp3) is 0.200. The van der Waals surface area contributed by atoms with Crippen LogP contribution < -0.4 is 0 Å². The molecule has 0 spiro atoms. The van der Waals surface area contributed by atoms with Crippen LogP contribution in [-0.4, -0.2) is 19.4 Å². The van der Waals surface area contributed by atoms with E-state index in [-0.39, 0.29) is 12.4 Å². The zero-order valence-corrected chi connectivity index (χ0v) is 8.39. The molecule has 14 heavy (non-hydrogen) atoms. The quantitative estimate of drug-likeness (QED) is 0.420. The molecule has 0 aliphatic rings. The zero-order valence-electron chi connectivity index (χ0n) is 7.57. The molecule has 0 aliphatic heterocycles. The van der Waals surface area contributed by atoms with Gasteiger partial charge in [0.25, 0.3) is 0 Å². The van der Waals surface area contributed by atoms with Gasteiger partial charge in [0.15, 0.2) is 6.29 Å². The van der Waals surface area contributed by atoms with Gasteiger partial charge >= 0.3 is 5.97 Å². The number of hydrogen-bond acceptors (Lipinski definition) is 4. The summed E-state index contributed by atoms with van der Waals surface area (Å²) in [5, 5.41) is 1.77. The smallest absolute Gasteiger partial charge is 0.317 e. The number of methoxy groups -OCH3 is 1. The first kappa shape index (κ1) is 10.5. The van der Waals surface area contributed by atoms with Crippen molar-refractivity contribution in [3.8, 4) is 11.8 Å². The second-order valence-corrected chi connectivity index (χ2v) is 3.35. The average Bonchev–Trinajstić information content (AvgIpc) is 2.65. The van der Waals surface area contributed by atoms with E-state index in [4.69, 9.17) is 0 Å². The van der Waals surface area contributed by atoms with Crippen molar-refractivity contribution in [3.63, 3.8) is 0 Å². The van der Waals surface area contributed by atoms with Gasteiger partial charge in [-0.15, -0.1) is 11.3 Å². The average molecular weight is 208 g/mol. The fourth-order valence-electron chi connectivity index (χ4n) is 0.771. The molecule has 72 valence electrons. The molecule has 0 aromatic carbocycles. The Hall–Kier alpha value is -1.60. The maximum atomic E-state index is 10.7. The first-order chi connectivity index (χ1) is 6.76. The molecule has 0 N–H and O–H groups in total. The van der Waals surface area contributed by atoms with E-state index in [1.54, 1.807) is 11.4 Å². The van der Waals surface area contributed by atoms with Gasteiger partial charge in [0, 0.05) is 10.9 Å². The molecule has 0 bridgehead atoms. The van der Waals surface area contributed by atoms with Crippen LogP contribution >= 0.6 is 11.3 Å². The highest BCUT2D eigenvalue weighted by Gasteiger charge is 1.96. The Kier molecular flexibility index (Phi) is 3.89. The standard InChI is InChI=1S/C10H8O3S/c1-13-10(12)4-2-3-8-5-9(6-11)14-7-8/h5-7H,4H2,1H3. The van der Waals surface area contributed by atoms with E-state index in [1.165, 1.54) is 18.4 Å². The lowest BCUT2D eigenvalue weighted by Gasteiger charge is -1.88. The number of thiophene rings is 1. The third kappa shape index (κ3) is 3.04. The first-order valence-corrected chi connectivity index (χ1v) is 4.73. The summed E-state index contributed by atoms with van der Waals surface area (Å²) in [5.41, 5.74) is 0.751. The molecule has 0 fully saturated rings. The minimum absolute atomic E-state index is 0.0722. The predicted molar refractivity (Wildman–Crippen MR) is 53.2 cm³/mol. The van der Waals surface area contributed by atoms with Gasteiger partial charge in [0.2, 0.25) is 0 Å². The van der Waals surface area contributed by atoms with Gasteiger partial charge < -0.3 is 4.74 Å². The fourth-order valence-corrected chi connectivity index (χ4v) is 1.41. The molecule has 0 atom stereocenters. The molecule has 3 nitrogen and oxygen atoms in total. The summed E-state index contributed by atoms with van der Waals surface area (Å²) < 4.78 is 4.42. The SMILES string of the molecule is COC(=O)CC#Cc1csc(C=O)c1. The highest BCUT2D eigenvalue weighted by atomic mass is 32.1. The number of aldehydes is 1. The van der Waals surface area contributed by atoms with Crippen molar-refractivity contribution < 1.29 is 14.3 Å². The van der Waals surface area contributed by atoms with Crippen LogP contribution in [0.5, 0.6) is 0 Å². The highest BCUT2D eigenvalue weighted by Crippen LogP contribution is 2.10. The van der Waals surface area contributed by atoms with E-state index in [9.17, 15) is 9.59 Å². The maximum absolute atomic E-state index is 10.7. The maximum Gasteiger partial charge on any atom is 0.317 e. The Morgan fingerprint density at radius 3 is 3.07 bits per heavy atom. The molecule has 0 amide bonds. The molecule has 0 unspecified atom stereocenters. The van der Waals surface area contributed by atoms with Gasteiger partial charge in [0.1, 0.15) is 6.42 Å². The Morgan fingerprint density at radius 1 is 1.71 bits per heavy atom. The molecule has 1 heterocycles. The van der Waals surface area contributed by atoms with Crippen LogP contribution in [0.1, 0.15) is 21.7 Å². The second kappa shape index (κ2) is 5.20. The van der Waals surface area contributed by atoms with Gasteiger partial charge in [-0.25, -0.2) is 0 Å². The number of rotatable bonds is 2.